The summed E-state index contributed by atoms with van der Waals surface area (Å²) in [6, 6.07) is 7.91. The van der Waals surface area contributed by atoms with Crippen molar-refractivity contribution in [2.75, 3.05) is 13.1 Å². The minimum atomic E-state index is -0.129. The molecule has 1 aromatic carbocycles. The smallest absolute Gasteiger partial charge is 0.251 e. The van der Waals surface area contributed by atoms with Gasteiger partial charge in [-0.15, -0.1) is 0 Å². The van der Waals surface area contributed by atoms with E-state index >= 15 is 0 Å². The molecule has 0 aliphatic carbocycles. The van der Waals surface area contributed by atoms with Gasteiger partial charge in [-0.05, 0) is 48.9 Å². The first-order valence-corrected chi connectivity index (χ1v) is 11.1. The van der Waals surface area contributed by atoms with Crippen molar-refractivity contribution in [1.82, 2.24) is 10.6 Å². The number of amides is 2. The van der Waals surface area contributed by atoms with Gasteiger partial charge >= 0.3 is 0 Å². The average molecular weight is 388 g/mol. The quantitative estimate of drug-likeness (QED) is 0.450. The van der Waals surface area contributed by atoms with Gasteiger partial charge in [-0.3, -0.25) is 9.59 Å². The van der Waals surface area contributed by atoms with Crippen molar-refractivity contribution >= 4 is 11.8 Å². The Balaban J connectivity index is 2.59. The number of carbonyl (C=O) groups excluding carboxylic acids is 2. The van der Waals surface area contributed by atoms with E-state index in [-0.39, 0.29) is 11.8 Å². The topological polar surface area (TPSA) is 58.2 Å². The molecule has 1 aromatic rings. The van der Waals surface area contributed by atoms with Crippen molar-refractivity contribution < 1.29 is 9.59 Å². The van der Waals surface area contributed by atoms with E-state index < -0.39 is 0 Å². The number of hydrogen-bond acceptors (Lipinski definition) is 2. The second kappa shape index (κ2) is 14.2. The zero-order valence-electron chi connectivity index (χ0n) is 18.3. The van der Waals surface area contributed by atoms with Gasteiger partial charge < -0.3 is 10.6 Å². The van der Waals surface area contributed by atoms with Gasteiger partial charge in [-0.1, -0.05) is 66.2 Å². The summed E-state index contributed by atoms with van der Waals surface area (Å²) in [5, 5.41) is 6.03. The van der Waals surface area contributed by atoms with Crippen molar-refractivity contribution in [2.45, 2.75) is 79.1 Å². The Morgan fingerprint density at radius 1 is 0.821 bits per heavy atom. The van der Waals surface area contributed by atoms with Crippen LogP contribution < -0.4 is 10.6 Å². The Morgan fingerprint density at radius 3 is 1.61 bits per heavy atom. The molecule has 0 saturated heterocycles. The Labute approximate surface area is 171 Å². The lowest BCUT2D eigenvalue weighted by atomic mass is 9.99. The van der Waals surface area contributed by atoms with Crippen LogP contribution in [0.25, 0.3) is 0 Å². The van der Waals surface area contributed by atoms with E-state index in [4.69, 9.17) is 0 Å². The molecule has 2 amide bonds. The maximum atomic E-state index is 12.5. The molecule has 0 aliphatic rings. The molecule has 2 atom stereocenters. The third kappa shape index (κ3) is 8.90. The minimum Gasteiger partial charge on any atom is -0.352 e. The van der Waals surface area contributed by atoms with Gasteiger partial charge in [0.05, 0.1) is 0 Å². The maximum absolute atomic E-state index is 12.5. The van der Waals surface area contributed by atoms with E-state index in [2.05, 4.69) is 44.4 Å². The number of benzene rings is 1. The van der Waals surface area contributed by atoms with Crippen LogP contribution in [0.15, 0.2) is 18.2 Å². The van der Waals surface area contributed by atoms with Crippen LogP contribution in [0, 0.1) is 17.9 Å². The summed E-state index contributed by atoms with van der Waals surface area (Å²) in [7, 11) is 0. The summed E-state index contributed by atoms with van der Waals surface area (Å²) in [5.74, 6) is 0.757. The summed E-state index contributed by atoms with van der Waals surface area (Å²) in [6.07, 6.45) is 9.12. The lowest BCUT2D eigenvalue weighted by Gasteiger charge is -2.16. The Morgan fingerprint density at radius 2 is 1.25 bits per heavy atom. The van der Waals surface area contributed by atoms with E-state index in [0.717, 1.165) is 25.7 Å². The Kier molecular flexibility index (Phi) is 12.3. The lowest BCUT2D eigenvalue weighted by molar-refractivity contribution is 0.0945. The molecule has 0 fully saturated rings. The molecule has 0 heterocycles. The number of rotatable bonds is 14. The maximum Gasteiger partial charge on any atom is 0.251 e. The normalized spacial score (nSPS) is 13.0. The molecule has 0 aromatic heterocycles. The molecule has 0 bridgehead atoms. The number of hydrogen-bond donors (Lipinski definition) is 2. The minimum absolute atomic E-state index is 0.129. The summed E-state index contributed by atoms with van der Waals surface area (Å²) in [4.78, 5) is 25.0. The zero-order valence-corrected chi connectivity index (χ0v) is 18.3. The first kappa shape index (κ1) is 24.2. The van der Waals surface area contributed by atoms with Gasteiger partial charge in [-0.2, -0.15) is 0 Å². The van der Waals surface area contributed by atoms with E-state index in [1.165, 1.54) is 25.7 Å². The molecule has 0 aliphatic heterocycles. The van der Waals surface area contributed by atoms with E-state index in [1.54, 1.807) is 18.2 Å². The zero-order chi connectivity index (χ0) is 20.8. The van der Waals surface area contributed by atoms with Gasteiger partial charge in [0.15, 0.2) is 0 Å². The molecule has 4 nitrogen and oxygen atoms in total. The molecule has 157 valence electrons. The first-order valence-electron chi connectivity index (χ1n) is 11.1. The van der Waals surface area contributed by atoms with Crippen molar-refractivity contribution in [1.29, 1.82) is 0 Å². The van der Waals surface area contributed by atoms with Crippen molar-refractivity contribution in [2.24, 2.45) is 11.8 Å². The molecule has 1 rings (SSSR count). The van der Waals surface area contributed by atoms with Gasteiger partial charge in [-0.25, -0.2) is 0 Å². The predicted molar refractivity (Wildman–Crippen MR) is 117 cm³/mol. The molecule has 4 heteroatoms. The third-order valence-corrected chi connectivity index (χ3v) is 5.50. The molecule has 0 spiro atoms. The van der Waals surface area contributed by atoms with Crippen molar-refractivity contribution in [3.63, 3.8) is 0 Å². The number of carbonyl (C=O) groups is 2. The largest absolute Gasteiger partial charge is 0.352 e. The summed E-state index contributed by atoms with van der Waals surface area (Å²) < 4.78 is 0. The van der Waals surface area contributed by atoms with E-state index in [9.17, 15) is 9.59 Å². The molecular weight excluding hydrogens is 348 g/mol. The fourth-order valence-corrected chi connectivity index (χ4v) is 3.30. The highest BCUT2D eigenvalue weighted by molar-refractivity contribution is 5.99. The molecule has 1 radical (unpaired) electrons. The van der Waals surface area contributed by atoms with Crippen LogP contribution in [0.4, 0.5) is 0 Å². The molecule has 2 N–H and O–H groups in total. The standard InChI is InChI=1S/C24H39N2O2/c1-5-9-12-19(7-3)17-25-23(27)21-14-11-15-22(16-21)24(28)26-18-20(8-4)13-10-6-2/h14-16,19-20H,5-10,12-13,17-18H2,1-4H3,(H,25,27)(H,26,28). The molecule has 2 unspecified atom stereocenters. The molecule has 28 heavy (non-hydrogen) atoms. The fourth-order valence-electron chi connectivity index (χ4n) is 3.30. The highest BCUT2D eigenvalue weighted by Crippen LogP contribution is 2.13. The fraction of sp³-hybridized carbons (Fsp3) is 0.667. The van der Waals surface area contributed by atoms with Crippen LogP contribution in [0.5, 0.6) is 0 Å². The monoisotopic (exact) mass is 387 g/mol. The van der Waals surface area contributed by atoms with Crippen LogP contribution in [0.3, 0.4) is 0 Å². The number of nitrogens with one attached hydrogen (secondary N) is 2. The van der Waals surface area contributed by atoms with Gasteiger partial charge in [0.25, 0.3) is 11.8 Å². The van der Waals surface area contributed by atoms with Gasteiger partial charge in [0.1, 0.15) is 0 Å². The SMILES string of the molecule is CCCCC(CC)CNC(=O)c1c[c]cc(C(=O)NCC(CC)CCCC)c1. The van der Waals surface area contributed by atoms with E-state index in [0.29, 0.717) is 36.1 Å². The highest BCUT2D eigenvalue weighted by atomic mass is 16.2. The molecule has 0 saturated carbocycles. The first-order chi connectivity index (χ1) is 13.5. The van der Waals surface area contributed by atoms with Crippen LogP contribution in [0.1, 0.15) is 99.8 Å². The van der Waals surface area contributed by atoms with Crippen LogP contribution >= 0.6 is 0 Å². The van der Waals surface area contributed by atoms with Gasteiger partial charge in [0, 0.05) is 24.2 Å². The Hall–Kier alpha value is -1.84. The Bertz CT molecular complexity index is 538. The highest BCUT2D eigenvalue weighted by Gasteiger charge is 2.14. The number of unbranched alkanes of at least 4 members (excludes halogenated alkanes) is 2. The summed E-state index contributed by atoms with van der Waals surface area (Å²) in [5.41, 5.74) is 0.993. The van der Waals surface area contributed by atoms with Crippen molar-refractivity contribution in [3.8, 4) is 0 Å². The average Bonchev–Trinajstić information content (AvgIpc) is 2.73. The van der Waals surface area contributed by atoms with Crippen LogP contribution in [0.2, 0.25) is 0 Å². The summed E-state index contributed by atoms with van der Waals surface area (Å²) >= 11 is 0. The predicted octanol–water partition coefficient (Wildman–Crippen LogP) is 5.38. The van der Waals surface area contributed by atoms with Crippen LogP contribution in [-0.2, 0) is 0 Å². The second-order valence-electron chi connectivity index (χ2n) is 7.76. The third-order valence-electron chi connectivity index (χ3n) is 5.50. The van der Waals surface area contributed by atoms with Crippen LogP contribution in [-0.4, -0.2) is 24.9 Å². The molecular formula is C24H39N2O2. The summed E-state index contributed by atoms with van der Waals surface area (Å²) in [6.45, 7) is 10.1. The van der Waals surface area contributed by atoms with Crippen molar-refractivity contribution in [3.05, 3.63) is 35.4 Å². The van der Waals surface area contributed by atoms with E-state index in [1.807, 2.05) is 0 Å². The lowest BCUT2D eigenvalue weighted by Crippen LogP contribution is -2.31. The van der Waals surface area contributed by atoms with Gasteiger partial charge in [0.2, 0.25) is 0 Å². The second-order valence-corrected chi connectivity index (χ2v) is 7.76.